The van der Waals surface area contributed by atoms with Crippen molar-refractivity contribution < 1.29 is 9.53 Å². The average molecular weight is 357 g/mol. The smallest absolute Gasteiger partial charge is 0.256 e. The van der Waals surface area contributed by atoms with Crippen molar-refractivity contribution in [2.75, 3.05) is 12.4 Å². The number of nitrogens with zero attached hydrogens (tertiary/aromatic N) is 2. The van der Waals surface area contributed by atoms with E-state index in [-0.39, 0.29) is 5.91 Å². The first-order valence-corrected chi connectivity index (χ1v) is 9.09. The Balaban J connectivity index is 1.71. The summed E-state index contributed by atoms with van der Waals surface area (Å²) in [6.45, 7) is 0. The molecule has 0 fully saturated rings. The SMILES string of the molecule is COc1ccc(NC(=O)c2ccccc2SCc2cscn2)cn1. The summed E-state index contributed by atoms with van der Waals surface area (Å²) >= 11 is 3.17. The second-order valence-corrected chi connectivity index (χ2v) is 6.54. The first kappa shape index (κ1) is 16.5. The lowest BCUT2D eigenvalue weighted by Crippen LogP contribution is -2.13. The van der Waals surface area contributed by atoms with E-state index >= 15 is 0 Å². The lowest BCUT2D eigenvalue weighted by Gasteiger charge is -2.09. The zero-order valence-electron chi connectivity index (χ0n) is 12.9. The van der Waals surface area contributed by atoms with E-state index in [1.54, 1.807) is 48.5 Å². The quantitative estimate of drug-likeness (QED) is 0.673. The van der Waals surface area contributed by atoms with Gasteiger partial charge in [-0.15, -0.1) is 23.1 Å². The van der Waals surface area contributed by atoms with Gasteiger partial charge in [0.2, 0.25) is 5.88 Å². The number of aromatic nitrogens is 2. The molecule has 2 heterocycles. The van der Waals surface area contributed by atoms with E-state index in [1.165, 1.54) is 0 Å². The first-order valence-electron chi connectivity index (χ1n) is 7.16. The van der Waals surface area contributed by atoms with Gasteiger partial charge < -0.3 is 10.1 Å². The van der Waals surface area contributed by atoms with Crippen LogP contribution in [0.2, 0.25) is 0 Å². The van der Waals surface area contributed by atoms with Crippen molar-refractivity contribution in [3.05, 3.63) is 64.7 Å². The Kier molecular flexibility index (Phi) is 5.45. The molecular formula is C17H15N3O2S2. The maximum absolute atomic E-state index is 12.6. The van der Waals surface area contributed by atoms with Gasteiger partial charge in [0.1, 0.15) is 0 Å². The average Bonchev–Trinajstić information content (AvgIpc) is 3.14. The summed E-state index contributed by atoms with van der Waals surface area (Å²) in [4.78, 5) is 21.8. The maximum atomic E-state index is 12.6. The van der Waals surface area contributed by atoms with Crippen molar-refractivity contribution in [3.8, 4) is 5.88 Å². The number of nitrogens with one attached hydrogen (secondary N) is 1. The Bertz CT molecular complexity index is 805. The molecule has 1 amide bonds. The highest BCUT2D eigenvalue weighted by molar-refractivity contribution is 7.98. The topological polar surface area (TPSA) is 64.1 Å². The van der Waals surface area contributed by atoms with Gasteiger partial charge in [-0.25, -0.2) is 9.97 Å². The number of hydrogen-bond acceptors (Lipinski definition) is 6. The predicted molar refractivity (Wildman–Crippen MR) is 96.9 cm³/mol. The van der Waals surface area contributed by atoms with Crippen molar-refractivity contribution in [3.63, 3.8) is 0 Å². The number of amides is 1. The van der Waals surface area contributed by atoms with Crippen LogP contribution >= 0.6 is 23.1 Å². The van der Waals surface area contributed by atoms with Crippen LogP contribution in [0.1, 0.15) is 16.1 Å². The van der Waals surface area contributed by atoms with Gasteiger partial charge in [-0.2, -0.15) is 0 Å². The number of thioether (sulfide) groups is 1. The van der Waals surface area contributed by atoms with Gasteiger partial charge >= 0.3 is 0 Å². The molecule has 0 bridgehead atoms. The number of anilines is 1. The number of rotatable bonds is 6. The van der Waals surface area contributed by atoms with E-state index in [4.69, 9.17) is 4.74 Å². The second kappa shape index (κ2) is 7.94. The van der Waals surface area contributed by atoms with E-state index in [0.717, 1.165) is 16.3 Å². The molecule has 0 aliphatic heterocycles. The van der Waals surface area contributed by atoms with Crippen LogP contribution in [0.15, 0.2) is 58.4 Å². The molecule has 5 nitrogen and oxygen atoms in total. The molecule has 0 unspecified atom stereocenters. The molecule has 0 saturated heterocycles. The van der Waals surface area contributed by atoms with E-state index in [1.807, 2.05) is 35.2 Å². The third-order valence-electron chi connectivity index (χ3n) is 3.19. The Hall–Kier alpha value is -2.38. The zero-order chi connectivity index (χ0) is 16.8. The molecule has 1 aromatic carbocycles. The van der Waals surface area contributed by atoms with Gasteiger partial charge in [0.05, 0.1) is 35.8 Å². The molecule has 0 saturated carbocycles. The van der Waals surface area contributed by atoms with E-state index in [0.29, 0.717) is 17.1 Å². The number of hydrogen-bond donors (Lipinski definition) is 1. The fourth-order valence-electron chi connectivity index (χ4n) is 2.01. The third kappa shape index (κ3) is 4.12. The minimum atomic E-state index is -0.164. The molecule has 0 atom stereocenters. The van der Waals surface area contributed by atoms with Crippen LogP contribution in [0.3, 0.4) is 0 Å². The molecule has 7 heteroatoms. The number of carbonyl (C=O) groups excluding carboxylic acids is 1. The van der Waals surface area contributed by atoms with Crippen molar-refractivity contribution in [1.29, 1.82) is 0 Å². The Morgan fingerprint density at radius 3 is 2.83 bits per heavy atom. The lowest BCUT2D eigenvalue weighted by molar-refractivity contribution is 0.102. The molecule has 122 valence electrons. The Morgan fingerprint density at radius 2 is 2.12 bits per heavy atom. The van der Waals surface area contributed by atoms with Crippen LogP contribution in [0.4, 0.5) is 5.69 Å². The summed E-state index contributed by atoms with van der Waals surface area (Å²) in [6.07, 6.45) is 1.57. The summed E-state index contributed by atoms with van der Waals surface area (Å²) in [6, 6.07) is 11.0. The Labute approximate surface area is 148 Å². The van der Waals surface area contributed by atoms with Gasteiger partial charge in [0.15, 0.2) is 0 Å². The van der Waals surface area contributed by atoms with E-state index < -0.39 is 0 Å². The van der Waals surface area contributed by atoms with Gasteiger partial charge in [-0.1, -0.05) is 12.1 Å². The minimum Gasteiger partial charge on any atom is -0.481 e. The third-order valence-corrected chi connectivity index (χ3v) is 4.94. The van der Waals surface area contributed by atoms with E-state index in [9.17, 15) is 4.79 Å². The summed E-state index contributed by atoms with van der Waals surface area (Å²) < 4.78 is 5.01. The molecule has 0 aliphatic rings. The largest absolute Gasteiger partial charge is 0.481 e. The highest BCUT2D eigenvalue weighted by Gasteiger charge is 2.12. The molecule has 3 rings (SSSR count). The van der Waals surface area contributed by atoms with Crippen LogP contribution in [0, 0.1) is 0 Å². The highest BCUT2D eigenvalue weighted by atomic mass is 32.2. The predicted octanol–water partition coefficient (Wildman–Crippen LogP) is 4.09. The maximum Gasteiger partial charge on any atom is 0.256 e. The molecule has 1 N–H and O–H groups in total. The molecule has 24 heavy (non-hydrogen) atoms. The normalized spacial score (nSPS) is 10.4. The van der Waals surface area contributed by atoms with Gasteiger partial charge in [-0.3, -0.25) is 4.79 Å². The number of ether oxygens (including phenoxy) is 1. The van der Waals surface area contributed by atoms with Crippen molar-refractivity contribution >= 4 is 34.7 Å². The number of pyridine rings is 1. The van der Waals surface area contributed by atoms with Crippen molar-refractivity contribution in [1.82, 2.24) is 9.97 Å². The second-order valence-electron chi connectivity index (χ2n) is 4.81. The number of benzene rings is 1. The molecule has 0 spiro atoms. The summed E-state index contributed by atoms with van der Waals surface area (Å²) in [5.74, 6) is 1.08. The summed E-state index contributed by atoms with van der Waals surface area (Å²) in [5, 5.41) is 4.87. The van der Waals surface area contributed by atoms with Gasteiger partial charge in [0.25, 0.3) is 5.91 Å². The fourth-order valence-corrected chi connectivity index (χ4v) is 3.63. The fraction of sp³-hybridized carbons (Fsp3) is 0.118. The van der Waals surface area contributed by atoms with Crippen molar-refractivity contribution in [2.45, 2.75) is 10.6 Å². The Morgan fingerprint density at radius 1 is 1.25 bits per heavy atom. The van der Waals surface area contributed by atoms with Gasteiger partial charge in [-0.05, 0) is 18.2 Å². The van der Waals surface area contributed by atoms with Crippen LogP contribution in [0.25, 0.3) is 0 Å². The van der Waals surface area contributed by atoms with Crippen LogP contribution in [-0.2, 0) is 5.75 Å². The van der Waals surface area contributed by atoms with Gasteiger partial charge in [0, 0.05) is 22.1 Å². The standard InChI is InChI=1S/C17H15N3O2S2/c1-22-16-7-6-12(8-18-16)20-17(21)14-4-2-3-5-15(14)24-10-13-9-23-11-19-13/h2-9,11H,10H2,1H3,(H,20,21). The molecule has 3 aromatic rings. The summed E-state index contributed by atoms with van der Waals surface area (Å²) in [5.41, 5.74) is 4.08. The number of thiazole rings is 1. The lowest BCUT2D eigenvalue weighted by atomic mass is 10.2. The molecule has 0 radical (unpaired) electrons. The van der Waals surface area contributed by atoms with Crippen molar-refractivity contribution in [2.24, 2.45) is 0 Å². The number of methoxy groups -OCH3 is 1. The first-order chi connectivity index (χ1) is 11.8. The minimum absolute atomic E-state index is 0.164. The molecular weight excluding hydrogens is 342 g/mol. The van der Waals surface area contributed by atoms with Crippen LogP contribution in [0.5, 0.6) is 5.88 Å². The summed E-state index contributed by atoms with van der Waals surface area (Å²) in [7, 11) is 1.55. The van der Waals surface area contributed by atoms with Crippen LogP contribution < -0.4 is 10.1 Å². The monoisotopic (exact) mass is 357 g/mol. The molecule has 2 aromatic heterocycles. The zero-order valence-corrected chi connectivity index (χ0v) is 14.6. The van der Waals surface area contributed by atoms with E-state index in [2.05, 4.69) is 15.3 Å². The van der Waals surface area contributed by atoms with Crippen LogP contribution in [-0.4, -0.2) is 23.0 Å². The number of carbonyl (C=O) groups is 1. The highest BCUT2D eigenvalue weighted by Crippen LogP contribution is 2.27. The molecule has 0 aliphatic carbocycles.